The molecule has 7 nitrogen and oxygen atoms in total. The second-order valence-corrected chi connectivity index (χ2v) is 7.99. The quantitative estimate of drug-likeness (QED) is 0.548. The van der Waals surface area contributed by atoms with Gasteiger partial charge in [0, 0.05) is 30.7 Å². The molecule has 0 aliphatic carbocycles. The molecule has 0 unspecified atom stereocenters. The molecule has 0 amide bonds. The second-order valence-electron chi connectivity index (χ2n) is 7.59. The topological polar surface area (TPSA) is 65.3 Å². The molecular formula is C22H25ClFN5O2. The molecular weight excluding hydrogens is 421 g/mol. The molecule has 31 heavy (non-hydrogen) atoms. The van der Waals surface area contributed by atoms with Crippen LogP contribution in [0.5, 0.6) is 5.88 Å². The Labute approximate surface area is 185 Å². The van der Waals surface area contributed by atoms with Crippen molar-refractivity contribution in [1.82, 2.24) is 24.6 Å². The van der Waals surface area contributed by atoms with Gasteiger partial charge in [0.25, 0.3) is 0 Å². The molecule has 0 radical (unpaired) electrons. The number of pyridine rings is 1. The summed E-state index contributed by atoms with van der Waals surface area (Å²) in [5.41, 5.74) is 1.82. The summed E-state index contributed by atoms with van der Waals surface area (Å²) in [7, 11) is 3.24. The molecule has 1 aliphatic heterocycles. The maximum absolute atomic E-state index is 13.3. The van der Waals surface area contributed by atoms with Crippen LogP contribution in [0.2, 0.25) is 5.02 Å². The van der Waals surface area contributed by atoms with Gasteiger partial charge in [-0.05, 0) is 49.7 Å². The molecule has 0 saturated carbocycles. The lowest BCUT2D eigenvalue weighted by atomic mass is 9.95. The Morgan fingerprint density at radius 1 is 1.13 bits per heavy atom. The number of methoxy groups -OCH3 is 2. The largest absolute Gasteiger partial charge is 0.481 e. The smallest absolute Gasteiger partial charge is 0.213 e. The third-order valence-corrected chi connectivity index (χ3v) is 5.93. The molecule has 0 atom stereocenters. The third-order valence-electron chi connectivity index (χ3n) is 5.58. The van der Waals surface area contributed by atoms with Gasteiger partial charge in [-0.15, -0.1) is 10.2 Å². The maximum Gasteiger partial charge on any atom is 0.213 e. The van der Waals surface area contributed by atoms with Crippen molar-refractivity contribution >= 4 is 11.6 Å². The zero-order valence-electron chi connectivity index (χ0n) is 17.6. The molecule has 3 heterocycles. The molecule has 4 rings (SSSR count). The lowest BCUT2D eigenvalue weighted by Crippen LogP contribution is -2.33. The maximum atomic E-state index is 13.3. The third kappa shape index (κ3) is 4.87. The van der Waals surface area contributed by atoms with Gasteiger partial charge in [-0.25, -0.2) is 9.37 Å². The highest BCUT2D eigenvalue weighted by molar-refractivity contribution is 6.31. The number of piperidine rings is 1. The van der Waals surface area contributed by atoms with Gasteiger partial charge in [-0.1, -0.05) is 17.7 Å². The summed E-state index contributed by atoms with van der Waals surface area (Å²) in [5, 5.41) is 9.34. The number of aromatic nitrogens is 4. The van der Waals surface area contributed by atoms with Crippen molar-refractivity contribution in [3.05, 3.63) is 64.6 Å². The Bertz CT molecular complexity index is 1020. The van der Waals surface area contributed by atoms with Crippen molar-refractivity contribution in [2.24, 2.45) is 0 Å². The standard InChI is InChI=1S/C22H25ClFN5O2/c1-30-14-20-26-27-22(29(20)18-5-6-21(31-2)25-12-18)15-7-9-28(10-8-15)13-16-3-4-17(24)11-19(16)23/h3-6,11-12,15H,7-10,13-14H2,1-2H3. The highest BCUT2D eigenvalue weighted by atomic mass is 35.5. The molecule has 164 valence electrons. The number of likely N-dealkylation sites (tertiary alicyclic amines) is 1. The zero-order valence-corrected chi connectivity index (χ0v) is 18.3. The van der Waals surface area contributed by atoms with E-state index in [1.165, 1.54) is 12.1 Å². The highest BCUT2D eigenvalue weighted by Crippen LogP contribution is 2.31. The Morgan fingerprint density at radius 3 is 2.58 bits per heavy atom. The minimum absolute atomic E-state index is 0.264. The van der Waals surface area contributed by atoms with E-state index < -0.39 is 0 Å². The molecule has 2 aromatic heterocycles. The molecule has 0 spiro atoms. The van der Waals surface area contributed by atoms with Crippen LogP contribution in [-0.4, -0.2) is 52.0 Å². The lowest BCUT2D eigenvalue weighted by molar-refractivity contribution is 0.175. The first-order valence-electron chi connectivity index (χ1n) is 10.2. The predicted molar refractivity (Wildman–Crippen MR) is 115 cm³/mol. The van der Waals surface area contributed by atoms with Crippen molar-refractivity contribution in [1.29, 1.82) is 0 Å². The van der Waals surface area contributed by atoms with E-state index in [4.69, 9.17) is 21.1 Å². The average molecular weight is 446 g/mol. The number of hydrogen-bond donors (Lipinski definition) is 0. The van der Waals surface area contributed by atoms with Crippen molar-refractivity contribution < 1.29 is 13.9 Å². The average Bonchev–Trinajstić information content (AvgIpc) is 3.20. The van der Waals surface area contributed by atoms with Crippen LogP contribution in [0.25, 0.3) is 5.69 Å². The summed E-state index contributed by atoms with van der Waals surface area (Å²) >= 11 is 6.20. The van der Waals surface area contributed by atoms with Crippen molar-refractivity contribution in [2.45, 2.75) is 31.9 Å². The summed E-state index contributed by atoms with van der Waals surface area (Å²) in [5.74, 6) is 2.16. The van der Waals surface area contributed by atoms with Gasteiger partial charge in [-0.2, -0.15) is 0 Å². The summed E-state index contributed by atoms with van der Waals surface area (Å²) in [4.78, 5) is 6.66. The molecule has 1 aromatic carbocycles. The Balaban J connectivity index is 1.50. The van der Waals surface area contributed by atoms with Gasteiger partial charge in [0.05, 0.1) is 19.0 Å². The normalized spacial score (nSPS) is 15.4. The van der Waals surface area contributed by atoms with Gasteiger partial charge in [0.2, 0.25) is 5.88 Å². The minimum Gasteiger partial charge on any atom is -0.481 e. The van der Waals surface area contributed by atoms with E-state index in [0.29, 0.717) is 24.1 Å². The predicted octanol–water partition coefficient (Wildman–Crippen LogP) is 3.99. The number of hydrogen-bond acceptors (Lipinski definition) is 6. The van der Waals surface area contributed by atoms with Crippen LogP contribution in [0, 0.1) is 5.82 Å². The van der Waals surface area contributed by atoms with Gasteiger partial charge in [-0.3, -0.25) is 9.47 Å². The van der Waals surface area contributed by atoms with Gasteiger partial charge in [0.1, 0.15) is 18.2 Å². The van der Waals surface area contributed by atoms with Crippen LogP contribution in [-0.2, 0) is 17.9 Å². The number of nitrogens with zero attached hydrogens (tertiary/aromatic N) is 5. The first-order chi connectivity index (χ1) is 15.1. The van der Waals surface area contributed by atoms with E-state index in [9.17, 15) is 4.39 Å². The lowest BCUT2D eigenvalue weighted by Gasteiger charge is -2.32. The van der Waals surface area contributed by atoms with Gasteiger partial charge in [0.15, 0.2) is 5.82 Å². The van der Waals surface area contributed by atoms with Crippen molar-refractivity contribution in [3.8, 4) is 11.6 Å². The summed E-state index contributed by atoms with van der Waals surface area (Å²) in [6.45, 7) is 2.86. The van der Waals surface area contributed by atoms with Crippen LogP contribution in [0.3, 0.4) is 0 Å². The molecule has 1 aliphatic rings. The van der Waals surface area contributed by atoms with E-state index in [1.807, 2.05) is 16.7 Å². The fourth-order valence-electron chi connectivity index (χ4n) is 3.96. The molecule has 0 bridgehead atoms. The van der Waals surface area contributed by atoms with E-state index in [-0.39, 0.29) is 11.7 Å². The SMILES string of the molecule is COCc1nnc(C2CCN(Cc3ccc(F)cc3Cl)CC2)n1-c1ccc(OC)nc1. The summed E-state index contributed by atoms with van der Waals surface area (Å²) in [6, 6.07) is 8.35. The van der Waals surface area contributed by atoms with Crippen molar-refractivity contribution in [3.63, 3.8) is 0 Å². The Hall–Kier alpha value is -2.55. The number of benzene rings is 1. The van der Waals surface area contributed by atoms with Crippen LogP contribution in [0.15, 0.2) is 36.5 Å². The van der Waals surface area contributed by atoms with Crippen LogP contribution < -0.4 is 4.74 Å². The van der Waals surface area contributed by atoms with E-state index >= 15 is 0 Å². The van der Waals surface area contributed by atoms with Gasteiger partial charge >= 0.3 is 0 Å². The van der Waals surface area contributed by atoms with Crippen LogP contribution in [0.1, 0.15) is 36.0 Å². The summed E-state index contributed by atoms with van der Waals surface area (Å²) in [6.07, 6.45) is 3.64. The molecule has 0 N–H and O–H groups in total. The second kappa shape index (κ2) is 9.72. The Kier molecular flexibility index (Phi) is 6.80. The zero-order chi connectivity index (χ0) is 21.8. The number of halogens is 2. The molecule has 3 aromatic rings. The molecule has 1 fully saturated rings. The summed E-state index contributed by atoms with van der Waals surface area (Å²) < 4.78 is 25.8. The Morgan fingerprint density at radius 2 is 1.94 bits per heavy atom. The number of rotatable bonds is 7. The fraction of sp³-hybridized carbons (Fsp3) is 0.409. The van der Waals surface area contributed by atoms with Crippen LogP contribution >= 0.6 is 11.6 Å². The van der Waals surface area contributed by atoms with Gasteiger partial charge < -0.3 is 9.47 Å². The highest BCUT2D eigenvalue weighted by Gasteiger charge is 2.27. The first kappa shape index (κ1) is 21.7. The van der Waals surface area contributed by atoms with E-state index in [0.717, 1.165) is 48.8 Å². The fourth-order valence-corrected chi connectivity index (χ4v) is 4.19. The van der Waals surface area contributed by atoms with Crippen LogP contribution in [0.4, 0.5) is 4.39 Å². The monoisotopic (exact) mass is 445 g/mol. The minimum atomic E-state index is -0.313. The first-order valence-corrected chi connectivity index (χ1v) is 10.6. The van der Waals surface area contributed by atoms with E-state index in [1.54, 1.807) is 26.5 Å². The van der Waals surface area contributed by atoms with E-state index in [2.05, 4.69) is 20.1 Å². The molecule has 9 heteroatoms. The number of ether oxygens (including phenoxy) is 2. The molecule has 1 saturated heterocycles. The van der Waals surface area contributed by atoms with Crippen molar-refractivity contribution in [2.75, 3.05) is 27.3 Å².